The Morgan fingerprint density at radius 3 is 2.22 bits per heavy atom. The van der Waals surface area contributed by atoms with E-state index >= 15 is 0 Å². The van der Waals surface area contributed by atoms with Gasteiger partial charge >= 0.3 is 0 Å². The van der Waals surface area contributed by atoms with Crippen LogP contribution in [0.3, 0.4) is 0 Å². The first-order valence-electron chi connectivity index (χ1n) is 9.16. The third kappa shape index (κ3) is 4.42. The molecule has 1 aliphatic rings. The van der Waals surface area contributed by atoms with Gasteiger partial charge in [-0.2, -0.15) is 0 Å². The Bertz CT molecular complexity index is 862. The van der Waals surface area contributed by atoms with Gasteiger partial charge in [0.2, 0.25) is 0 Å². The van der Waals surface area contributed by atoms with E-state index < -0.39 is 0 Å². The standard InChI is InChI=1S/C22H22BrN3O/c23-19-7-5-18(6-8-19)17-27-22-4-2-1-3-21(22)26-15-13-25(14-16-26)20-9-11-24-12-10-20/h1-12H,13-17H2. The Morgan fingerprint density at radius 2 is 1.48 bits per heavy atom. The van der Waals surface area contributed by atoms with Crippen molar-refractivity contribution in [2.45, 2.75) is 6.61 Å². The van der Waals surface area contributed by atoms with Crippen molar-refractivity contribution in [2.24, 2.45) is 0 Å². The molecule has 27 heavy (non-hydrogen) atoms. The summed E-state index contributed by atoms with van der Waals surface area (Å²) < 4.78 is 7.23. The lowest BCUT2D eigenvalue weighted by Crippen LogP contribution is -2.46. The molecule has 0 radical (unpaired) electrons. The van der Waals surface area contributed by atoms with Gasteiger partial charge in [-0.25, -0.2) is 0 Å². The van der Waals surface area contributed by atoms with Crippen molar-refractivity contribution in [3.8, 4) is 5.75 Å². The van der Waals surface area contributed by atoms with Gasteiger partial charge in [-0.3, -0.25) is 4.98 Å². The molecule has 2 aromatic carbocycles. The van der Waals surface area contributed by atoms with Crippen LogP contribution in [0.15, 0.2) is 77.5 Å². The number of aromatic nitrogens is 1. The number of anilines is 2. The largest absolute Gasteiger partial charge is 0.487 e. The molecule has 1 fully saturated rings. The van der Waals surface area contributed by atoms with E-state index in [9.17, 15) is 0 Å². The highest BCUT2D eigenvalue weighted by molar-refractivity contribution is 9.10. The summed E-state index contributed by atoms with van der Waals surface area (Å²) in [4.78, 5) is 8.93. The van der Waals surface area contributed by atoms with Crippen molar-refractivity contribution in [3.63, 3.8) is 0 Å². The molecule has 138 valence electrons. The number of hydrogen-bond acceptors (Lipinski definition) is 4. The number of para-hydroxylation sites is 2. The number of halogens is 1. The topological polar surface area (TPSA) is 28.6 Å². The number of hydrogen-bond donors (Lipinski definition) is 0. The van der Waals surface area contributed by atoms with Crippen LogP contribution >= 0.6 is 15.9 Å². The molecule has 1 aromatic heterocycles. The van der Waals surface area contributed by atoms with Crippen molar-refractivity contribution in [3.05, 3.63) is 83.1 Å². The molecule has 5 heteroatoms. The lowest BCUT2D eigenvalue weighted by atomic mass is 10.2. The van der Waals surface area contributed by atoms with Crippen molar-refractivity contribution < 1.29 is 4.74 Å². The molecular formula is C22H22BrN3O. The molecular weight excluding hydrogens is 402 g/mol. The number of rotatable bonds is 5. The molecule has 0 spiro atoms. The Hall–Kier alpha value is -2.53. The summed E-state index contributed by atoms with van der Waals surface area (Å²) in [6, 6.07) is 20.7. The number of pyridine rings is 1. The Balaban J connectivity index is 1.41. The van der Waals surface area contributed by atoms with Crippen LogP contribution < -0.4 is 14.5 Å². The smallest absolute Gasteiger partial charge is 0.143 e. The zero-order valence-corrected chi connectivity index (χ0v) is 16.7. The van der Waals surface area contributed by atoms with E-state index in [1.54, 1.807) is 0 Å². The second-order valence-electron chi connectivity index (χ2n) is 6.56. The second-order valence-corrected chi connectivity index (χ2v) is 7.48. The van der Waals surface area contributed by atoms with E-state index in [1.807, 2.05) is 30.6 Å². The normalized spacial score (nSPS) is 14.3. The fourth-order valence-corrected chi connectivity index (χ4v) is 3.61. The summed E-state index contributed by atoms with van der Waals surface area (Å²) in [5.74, 6) is 0.942. The molecule has 4 nitrogen and oxygen atoms in total. The Labute approximate surface area is 168 Å². The quantitative estimate of drug-likeness (QED) is 0.591. The molecule has 0 aliphatic carbocycles. The maximum atomic E-state index is 6.15. The van der Waals surface area contributed by atoms with E-state index in [1.165, 1.54) is 11.4 Å². The highest BCUT2D eigenvalue weighted by atomic mass is 79.9. The summed E-state index contributed by atoms with van der Waals surface area (Å²) in [6.45, 7) is 4.50. The van der Waals surface area contributed by atoms with Crippen LogP contribution in [0.5, 0.6) is 5.75 Å². The molecule has 0 bridgehead atoms. The van der Waals surface area contributed by atoms with E-state index in [0.29, 0.717) is 6.61 Å². The van der Waals surface area contributed by atoms with Gasteiger partial charge in [0.15, 0.2) is 0 Å². The van der Waals surface area contributed by atoms with Crippen LogP contribution in [0.2, 0.25) is 0 Å². The first-order chi connectivity index (χ1) is 13.3. The summed E-state index contributed by atoms with van der Waals surface area (Å²) in [5.41, 5.74) is 3.57. The molecule has 1 aliphatic heterocycles. The van der Waals surface area contributed by atoms with Crippen LogP contribution in [0.25, 0.3) is 0 Å². The third-order valence-corrected chi connectivity index (χ3v) is 5.35. The molecule has 3 aromatic rings. The fraction of sp³-hybridized carbons (Fsp3) is 0.227. The average molecular weight is 424 g/mol. The maximum Gasteiger partial charge on any atom is 0.143 e. The van der Waals surface area contributed by atoms with E-state index in [-0.39, 0.29) is 0 Å². The number of nitrogens with zero attached hydrogens (tertiary/aromatic N) is 3. The van der Waals surface area contributed by atoms with Gasteiger partial charge < -0.3 is 14.5 Å². The van der Waals surface area contributed by atoms with Crippen LogP contribution in [0, 0.1) is 0 Å². The van der Waals surface area contributed by atoms with E-state index in [2.05, 4.69) is 73.2 Å². The van der Waals surface area contributed by atoms with Crippen LogP contribution in [-0.2, 0) is 6.61 Å². The Kier molecular flexibility index (Phi) is 5.58. The second kappa shape index (κ2) is 8.44. The van der Waals surface area contributed by atoms with Crippen molar-refractivity contribution >= 4 is 27.3 Å². The first-order valence-corrected chi connectivity index (χ1v) is 9.95. The first kappa shape index (κ1) is 17.9. The zero-order valence-electron chi connectivity index (χ0n) is 15.1. The lowest BCUT2D eigenvalue weighted by Gasteiger charge is -2.37. The maximum absolute atomic E-state index is 6.15. The summed E-state index contributed by atoms with van der Waals surface area (Å²) in [6.07, 6.45) is 3.71. The number of benzene rings is 2. The zero-order chi connectivity index (χ0) is 18.5. The lowest BCUT2D eigenvalue weighted by molar-refractivity contribution is 0.306. The minimum atomic E-state index is 0.571. The van der Waals surface area contributed by atoms with Crippen molar-refractivity contribution in [1.82, 2.24) is 4.98 Å². The predicted molar refractivity (Wildman–Crippen MR) is 114 cm³/mol. The molecule has 0 amide bonds. The SMILES string of the molecule is Brc1ccc(COc2ccccc2N2CCN(c3ccncc3)CC2)cc1. The molecule has 2 heterocycles. The van der Waals surface area contributed by atoms with E-state index in [4.69, 9.17) is 4.74 Å². The van der Waals surface area contributed by atoms with Gasteiger partial charge in [0.1, 0.15) is 12.4 Å². The van der Waals surface area contributed by atoms with E-state index in [0.717, 1.165) is 42.0 Å². The molecule has 0 saturated carbocycles. The molecule has 0 N–H and O–H groups in total. The summed E-state index contributed by atoms with van der Waals surface area (Å²) in [5, 5.41) is 0. The third-order valence-electron chi connectivity index (χ3n) is 4.82. The van der Waals surface area contributed by atoms with Crippen molar-refractivity contribution in [2.75, 3.05) is 36.0 Å². The minimum absolute atomic E-state index is 0.571. The fourth-order valence-electron chi connectivity index (χ4n) is 3.34. The minimum Gasteiger partial charge on any atom is -0.487 e. The summed E-state index contributed by atoms with van der Waals surface area (Å²) >= 11 is 3.47. The summed E-state index contributed by atoms with van der Waals surface area (Å²) in [7, 11) is 0. The van der Waals surface area contributed by atoms with Gasteiger partial charge in [-0.15, -0.1) is 0 Å². The molecule has 4 rings (SSSR count). The highest BCUT2D eigenvalue weighted by Crippen LogP contribution is 2.30. The molecule has 0 unspecified atom stereocenters. The monoisotopic (exact) mass is 423 g/mol. The molecule has 0 atom stereocenters. The molecule has 1 saturated heterocycles. The van der Waals surface area contributed by atoms with Gasteiger partial charge in [-0.05, 0) is 42.0 Å². The van der Waals surface area contributed by atoms with Crippen LogP contribution in [0.4, 0.5) is 11.4 Å². The number of ether oxygens (including phenoxy) is 1. The van der Waals surface area contributed by atoms with Crippen molar-refractivity contribution in [1.29, 1.82) is 0 Å². The predicted octanol–water partition coefficient (Wildman–Crippen LogP) is 4.75. The van der Waals surface area contributed by atoms with Gasteiger partial charge in [0.05, 0.1) is 5.69 Å². The average Bonchev–Trinajstić information content (AvgIpc) is 2.74. The van der Waals surface area contributed by atoms with Crippen LogP contribution in [-0.4, -0.2) is 31.2 Å². The van der Waals surface area contributed by atoms with Gasteiger partial charge in [0, 0.05) is 48.7 Å². The van der Waals surface area contributed by atoms with Crippen LogP contribution in [0.1, 0.15) is 5.56 Å². The van der Waals surface area contributed by atoms with Gasteiger partial charge in [-0.1, -0.05) is 40.2 Å². The highest BCUT2D eigenvalue weighted by Gasteiger charge is 2.19. The van der Waals surface area contributed by atoms with Gasteiger partial charge in [0.25, 0.3) is 0 Å². The number of piperazine rings is 1. The Morgan fingerprint density at radius 1 is 0.815 bits per heavy atom.